The molecule has 5 atom stereocenters. The number of H-pyrrole nitrogens is 1. The van der Waals surface area contributed by atoms with Gasteiger partial charge in [0.2, 0.25) is 17.7 Å². The minimum absolute atomic E-state index is 0.0752. The Labute approximate surface area is 197 Å². The normalized spacial score (nSPS) is 25.9. The van der Waals surface area contributed by atoms with Gasteiger partial charge in [0.05, 0.1) is 24.2 Å². The zero-order valence-corrected chi connectivity index (χ0v) is 19.9. The number of nitrogens with one attached hydrogen (secondary N) is 3. The number of benzene rings is 1. The van der Waals surface area contributed by atoms with Crippen LogP contribution in [0.5, 0.6) is 0 Å². The minimum Gasteiger partial charge on any atom is -0.394 e. The van der Waals surface area contributed by atoms with Gasteiger partial charge in [-0.25, -0.2) is 4.39 Å². The lowest BCUT2D eigenvalue weighted by Gasteiger charge is -2.41. The predicted molar refractivity (Wildman–Crippen MR) is 124 cm³/mol. The van der Waals surface area contributed by atoms with Gasteiger partial charge < -0.3 is 30.5 Å². The molecular formula is C24H32FN5O4. The zero-order valence-electron chi connectivity index (χ0n) is 19.9. The number of amides is 3. The molecule has 4 rings (SSSR count). The van der Waals surface area contributed by atoms with Gasteiger partial charge in [-0.15, -0.1) is 0 Å². The van der Waals surface area contributed by atoms with Crippen molar-refractivity contribution in [2.24, 2.45) is 0 Å². The molecule has 0 spiro atoms. The van der Waals surface area contributed by atoms with Crippen LogP contribution < -0.4 is 10.6 Å². The Morgan fingerprint density at radius 2 is 2.09 bits per heavy atom. The Morgan fingerprint density at radius 1 is 1.35 bits per heavy atom. The Hall–Kier alpha value is -2.98. The van der Waals surface area contributed by atoms with E-state index in [2.05, 4.69) is 15.6 Å². The highest BCUT2D eigenvalue weighted by molar-refractivity contribution is 5.91. The van der Waals surface area contributed by atoms with Crippen molar-refractivity contribution in [3.8, 4) is 0 Å². The first-order valence-corrected chi connectivity index (χ1v) is 11.6. The molecule has 3 amide bonds. The number of fused-ring (bicyclic) bond motifs is 2. The second kappa shape index (κ2) is 8.99. The van der Waals surface area contributed by atoms with Crippen LogP contribution in [0.15, 0.2) is 24.4 Å². The monoisotopic (exact) mass is 473 g/mol. The number of hydrogen-bond donors (Lipinski definition) is 4. The number of aromatic nitrogens is 1. The van der Waals surface area contributed by atoms with E-state index in [0.29, 0.717) is 25.0 Å². The third kappa shape index (κ3) is 3.74. The van der Waals surface area contributed by atoms with E-state index in [-0.39, 0.29) is 35.5 Å². The number of nitrogens with zero attached hydrogens (tertiary/aromatic N) is 2. The third-order valence-corrected chi connectivity index (χ3v) is 7.69. The summed E-state index contributed by atoms with van der Waals surface area (Å²) in [5.41, 5.74) is 0.784. The van der Waals surface area contributed by atoms with Crippen LogP contribution >= 0.6 is 0 Å². The first kappa shape index (κ1) is 24.2. The molecule has 184 valence electrons. The molecule has 1 aromatic heterocycles. The van der Waals surface area contributed by atoms with Gasteiger partial charge in [0, 0.05) is 43.0 Å². The Bertz CT molecular complexity index is 1120. The van der Waals surface area contributed by atoms with Crippen molar-refractivity contribution in [2.75, 3.05) is 26.7 Å². The largest absolute Gasteiger partial charge is 0.394 e. The molecular weight excluding hydrogens is 441 g/mol. The van der Waals surface area contributed by atoms with E-state index in [1.807, 2.05) is 13.1 Å². The maximum atomic E-state index is 13.8. The predicted octanol–water partition coefficient (Wildman–Crippen LogP) is 0.697. The van der Waals surface area contributed by atoms with Crippen LogP contribution in [-0.2, 0) is 14.4 Å². The van der Waals surface area contributed by atoms with Gasteiger partial charge in [-0.05, 0) is 51.1 Å². The fourth-order valence-electron chi connectivity index (χ4n) is 5.68. The maximum absolute atomic E-state index is 13.8. The van der Waals surface area contributed by atoms with Crippen LogP contribution in [0.2, 0.25) is 0 Å². The molecule has 1 unspecified atom stereocenters. The second-order valence-electron chi connectivity index (χ2n) is 9.43. The Balaban J connectivity index is 1.72. The summed E-state index contributed by atoms with van der Waals surface area (Å²) in [4.78, 5) is 45.2. The van der Waals surface area contributed by atoms with Gasteiger partial charge in [0.25, 0.3) is 0 Å². The molecule has 4 N–H and O–H groups in total. The van der Waals surface area contributed by atoms with E-state index >= 15 is 0 Å². The molecule has 2 aliphatic rings. The quantitative estimate of drug-likeness (QED) is 0.493. The Morgan fingerprint density at radius 3 is 2.74 bits per heavy atom. The van der Waals surface area contributed by atoms with Crippen molar-refractivity contribution >= 4 is 28.6 Å². The lowest BCUT2D eigenvalue weighted by atomic mass is 9.79. The average molecular weight is 474 g/mol. The highest BCUT2D eigenvalue weighted by atomic mass is 19.1. The number of aromatic amines is 1. The molecule has 3 heterocycles. The number of halogens is 1. The molecule has 0 aliphatic carbocycles. The summed E-state index contributed by atoms with van der Waals surface area (Å²) in [5, 5.41) is 16.3. The number of hydrogen-bond acceptors (Lipinski definition) is 5. The van der Waals surface area contributed by atoms with E-state index in [1.165, 1.54) is 19.1 Å². The summed E-state index contributed by atoms with van der Waals surface area (Å²) >= 11 is 0. The SMILES string of the molecule is CN[C@@H](C)C(=O)NC(CO)C(=O)N1CC[C@H]2N(C(C)=O)C[C@H](c3c[nH]c4cc(F)ccc34)[C@]21C. The van der Waals surface area contributed by atoms with Crippen molar-refractivity contribution in [3.63, 3.8) is 0 Å². The van der Waals surface area contributed by atoms with Crippen molar-refractivity contribution in [1.29, 1.82) is 0 Å². The van der Waals surface area contributed by atoms with Crippen molar-refractivity contribution < 1.29 is 23.9 Å². The number of aliphatic hydroxyl groups excluding tert-OH is 1. The molecule has 34 heavy (non-hydrogen) atoms. The first-order chi connectivity index (χ1) is 16.1. The molecule has 10 heteroatoms. The lowest BCUT2D eigenvalue weighted by molar-refractivity contribution is -0.142. The van der Waals surface area contributed by atoms with Crippen molar-refractivity contribution in [3.05, 3.63) is 35.8 Å². The zero-order chi connectivity index (χ0) is 24.8. The molecule has 2 aromatic rings. The van der Waals surface area contributed by atoms with Crippen LogP contribution in [0.3, 0.4) is 0 Å². The molecule has 0 bridgehead atoms. The van der Waals surface area contributed by atoms with Crippen LogP contribution in [0.1, 0.15) is 38.7 Å². The van der Waals surface area contributed by atoms with Crippen molar-refractivity contribution in [1.82, 2.24) is 25.4 Å². The van der Waals surface area contributed by atoms with Crippen LogP contribution in [-0.4, -0.2) is 88.0 Å². The summed E-state index contributed by atoms with van der Waals surface area (Å²) in [5.74, 6) is -1.43. The van der Waals surface area contributed by atoms with E-state index in [0.717, 1.165) is 10.9 Å². The number of likely N-dealkylation sites (tertiary alicyclic amines) is 2. The summed E-state index contributed by atoms with van der Waals surface area (Å²) in [6.07, 6.45) is 2.41. The van der Waals surface area contributed by atoms with Gasteiger partial charge >= 0.3 is 0 Å². The third-order valence-electron chi connectivity index (χ3n) is 7.69. The highest BCUT2D eigenvalue weighted by Crippen LogP contribution is 2.50. The van der Waals surface area contributed by atoms with Gasteiger partial charge in [0.1, 0.15) is 11.9 Å². The number of likely N-dealkylation sites (N-methyl/N-ethyl adjacent to an activating group) is 1. The van der Waals surface area contributed by atoms with Gasteiger partial charge in [0.15, 0.2) is 0 Å². The fourth-order valence-corrected chi connectivity index (χ4v) is 5.68. The minimum atomic E-state index is -1.09. The smallest absolute Gasteiger partial charge is 0.248 e. The molecule has 0 radical (unpaired) electrons. The van der Waals surface area contributed by atoms with Crippen LogP contribution in [0.25, 0.3) is 10.9 Å². The summed E-state index contributed by atoms with van der Waals surface area (Å²) < 4.78 is 13.8. The fraction of sp³-hybridized carbons (Fsp3) is 0.542. The molecule has 0 saturated carbocycles. The van der Waals surface area contributed by atoms with E-state index in [9.17, 15) is 23.9 Å². The van der Waals surface area contributed by atoms with E-state index in [4.69, 9.17) is 0 Å². The molecule has 2 saturated heterocycles. The molecule has 1 aromatic carbocycles. The number of carbonyl (C=O) groups is 3. The summed E-state index contributed by atoms with van der Waals surface area (Å²) in [6, 6.07) is 2.70. The number of rotatable bonds is 6. The second-order valence-corrected chi connectivity index (χ2v) is 9.43. The highest BCUT2D eigenvalue weighted by Gasteiger charge is 2.61. The van der Waals surface area contributed by atoms with Gasteiger partial charge in [-0.3, -0.25) is 14.4 Å². The van der Waals surface area contributed by atoms with E-state index < -0.39 is 24.2 Å². The van der Waals surface area contributed by atoms with Gasteiger partial charge in [-0.2, -0.15) is 0 Å². The van der Waals surface area contributed by atoms with Gasteiger partial charge in [-0.1, -0.05) is 0 Å². The molecule has 2 aliphatic heterocycles. The Kier molecular flexibility index (Phi) is 6.39. The average Bonchev–Trinajstić information content (AvgIpc) is 3.45. The van der Waals surface area contributed by atoms with Crippen LogP contribution in [0.4, 0.5) is 4.39 Å². The number of aliphatic hydroxyl groups is 1. The topological polar surface area (TPSA) is 118 Å². The summed E-state index contributed by atoms with van der Waals surface area (Å²) in [7, 11) is 1.64. The van der Waals surface area contributed by atoms with E-state index in [1.54, 1.807) is 29.8 Å². The summed E-state index contributed by atoms with van der Waals surface area (Å²) in [6.45, 7) is 5.42. The lowest BCUT2D eigenvalue weighted by Crippen LogP contribution is -2.60. The van der Waals surface area contributed by atoms with Crippen LogP contribution in [0, 0.1) is 5.82 Å². The number of carbonyl (C=O) groups excluding carboxylic acids is 3. The van der Waals surface area contributed by atoms with Crippen molar-refractivity contribution in [2.45, 2.75) is 56.8 Å². The molecule has 2 fully saturated rings. The maximum Gasteiger partial charge on any atom is 0.248 e. The molecule has 9 nitrogen and oxygen atoms in total. The first-order valence-electron chi connectivity index (χ1n) is 11.6. The standard InChI is InChI=1S/C24H32FN5O4/c1-13(26-4)22(33)28-20(12-31)23(34)30-8-7-21-24(30,3)18(11-29(21)14(2)32)17-10-27-19-9-15(25)5-6-16(17)19/h5-6,9-10,13,18,20-21,26-27,31H,7-8,11-12H2,1-4H3,(H,28,33)/t13-,18+,20?,21+,24+/m0/s1.